The second kappa shape index (κ2) is 8.57. The number of thiazole rings is 1. The maximum absolute atomic E-state index is 12.5. The average Bonchev–Trinajstić information content (AvgIpc) is 3.15. The summed E-state index contributed by atoms with van der Waals surface area (Å²) in [6.07, 6.45) is -0.938. The van der Waals surface area contributed by atoms with Gasteiger partial charge in [0.05, 0.1) is 0 Å². The Hall–Kier alpha value is -2.99. The highest BCUT2D eigenvalue weighted by Crippen LogP contribution is 2.25. The van der Waals surface area contributed by atoms with Gasteiger partial charge in [0.1, 0.15) is 5.01 Å². The molecule has 3 rings (SSSR count). The highest BCUT2D eigenvalue weighted by Gasteiger charge is 2.22. The third-order valence-electron chi connectivity index (χ3n) is 4.59. The first-order valence-electron chi connectivity index (χ1n) is 9.37. The minimum absolute atomic E-state index is 0.202. The Morgan fingerprint density at radius 1 is 1.00 bits per heavy atom. The van der Waals surface area contributed by atoms with Gasteiger partial charge in [0.2, 0.25) is 0 Å². The number of rotatable bonds is 5. The molecule has 29 heavy (non-hydrogen) atoms. The number of amides is 1. The van der Waals surface area contributed by atoms with Crippen LogP contribution in [0.3, 0.4) is 0 Å². The molecule has 3 aromatic rings. The SMILES string of the molecule is Cc1ccc(-c2nc(C(=O)O[C@@H](C)C(=O)Nc3c(C)cc(C)cc3C)cs2)cc1. The van der Waals surface area contributed by atoms with Crippen LogP contribution >= 0.6 is 11.3 Å². The number of benzene rings is 2. The molecule has 0 aliphatic heterocycles. The zero-order valence-electron chi connectivity index (χ0n) is 17.2. The van der Waals surface area contributed by atoms with Gasteiger partial charge in [-0.1, -0.05) is 47.5 Å². The largest absolute Gasteiger partial charge is 0.448 e. The van der Waals surface area contributed by atoms with Crippen molar-refractivity contribution in [2.24, 2.45) is 0 Å². The van der Waals surface area contributed by atoms with Crippen molar-refractivity contribution in [3.8, 4) is 10.6 Å². The van der Waals surface area contributed by atoms with Crippen molar-refractivity contribution >= 4 is 28.9 Å². The Kier molecular flexibility index (Phi) is 6.13. The van der Waals surface area contributed by atoms with E-state index in [9.17, 15) is 9.59 Å². The van der Waals surface area contributed by atoms with E-state index in [1.807, 2.05) is 64.1 Å². The minimum Gasteiger partial charge on any atom is -0.448 e. The van der Waals surface area contributed by atoms with Gasteiger partial charge < -0.3 is 10.1 Å². The van der Waals surface area contributed by atoms with Crippen molar-refractivity contribution in [2.45, 2.75) is 40.7 Å². The minimum atomic E-state index is -0.938. The molecule has 0 unspecified atom stereocenters. The Balaban J connectivity index is 1.66. The van der Waals surface area contributed by atoms with Crippen LogP contribution in [-0.4, -0.2) is 23.0 Å². The summed E-state index contributed by atoms with van der Waals surface area (Å²) < 4.78 is 5.34. The Morgan fingerprint density at radius 3 is 2.24 bits per heavy atom. The fraction of sp³-hybridized carbons (Fsp3) is 0.261. The van der Waals surface area contributed by atoms with Crippen LogP contribution < -0.4 is 5.32 Å². The van der Waals surface area contributed by atoms with Gasteiger partial charge >= 0.3 is 5.97 Å². The van der Waals surface area contributed by atoms with Crippen LogP contribution in [0.25, 0.3) is 10.6 Å². The Bertz CT molecular complexity index is 1030. The highest BCUT2D eigenvalue weighted by atomic mass is 32.1. The number of esters is 1. The van der Waals surface area contributed by atoms with Crippen LogP contribution in [0.4, 0.5) is 5.69 Å². The second-order valence-corrected chi connectivity index (χ2v) is 8.07. The zero-order valence-corrected chi connectivity index (χ0v) is 18.0. The van der Waals surface area contributed by atoms with E-state index in [0.29, 0.717) is 0 Å². The van der Waals surface area contributed by atoms with Crippen molar-refractivity contribution in [3.63, 3.8) is 0 Å². The predicted octanol–water partition coefficient (Wildman–Crippen LogP) is 5.23. The van der Waals surface area contributed by atoms with E-state index in [-0.39, 0.29) is 11.6 Å². The first-order valence-corrected chi connectivity index (χ1v) is 10.2. The average molecular weight is 409 g/mol. The molecule has 0 aliphatic rings. The quantitative estimate of drug-likeness (QED) is 0.587. The van der Waals surface area contributed by atoms with E-state index in [1.165, 1.54) is 11.3 Å². The van der Waals surface area contributed by atoms with Crippen LogP contribution in [-0.2, 0) is 9.53 Å². The lowest BCUT2D eigenvalue weighted by molar-refractivity contribution is -0.123. The summed E-state index contributed by atoms with van der Waals surface area (Å²) in [4.78, 5) is 29.3. The first-order chi connectivity index (χ1) is 13.7. The molecular weight excluding hydrogens is 384 g/mol. The molecule has 0 saturated carbocycles. The maximum atomic E-state index is 12.5. The predicted molar refractivity (Wildman–Crippen MR) is 116 cm³/mol. The maximum Gasteiger partial charge on any atom is 0.358 e. The standard InChI is InChI=1S/C23H24N2O3S/c1-13-6-8-18(9-7-13)22-24-19(12-29-22)23(27)28-17(5)21(26)25-20-15(3)10-14(2)11-16(20)4/h6-12,17H,1-5H3,(H,25,26)/t17-/m0/s1. The van der Waals surface area contributed by atoms with Gasteiger partial charge in [0.15, 0.2) is 11.8 Å². The molecule has 0 fully saturated rings. The van der Waals surface area contributed by atoms with Crippen LogP contribution in [0, 0.1) is 27.7 Å². The molecule has 6 heteroatoms. The fourth-order valence-corrected chi connectivity index (χ4v) is 3.87. The first kappa shape index (κ1) is 20.7. The number of ether oxygens (including phenoxy) is 1. The van der Waals surface area contributed by atoms with E-state index in [4.69, 9.17) is 4.74 Å². The Labute approximate surface area is 174 Å². The molecule has 2 aromatic carbocycles. The van der Waals surface area contributed by atoms with E-state index in [0.717, 1.165) is 38.5 Å². The number of carbonyl (C=O) groups is 2. The van der Waals surface area contributed by atoms with Crippen molar-refractivity contribution < 1.29 is 14.3 Å². The van der Waals surface area contributed by atoms with E-state index in [1.54, 1.807) is 12.3 Å². The van der Waals surface area contributed by atoms with Crippen LogP contribution in [0.2, 0.25) is 0 Å². The molecule has 1 heterocycles. The van der Waals surface area contributed by atoms with Crippen molar-refractivity contribution in [1.29, 1.82) is 0 Å². The molecule has 0 saturated heterocycles. The third kappa shape index (κ3) is 4.90. The van der Waals surface area contributed by atoms with Crippen molar-refractivity contribution in [2.75, 3.05) is 5.32 Å². The number of aromatic nitrogens is 1. The smallest absolute Gasteiger partial charge is 0.358 e. The molecule has 0 spiro atoms. The monoisotopic (exact) mass is 408 g/mol. The highest BCUT2D eigenvalue weighted by molar-refractivity contribution is 7.13. The van der Waals surface area contributed by atoms with E-state index in [2.05, 4.69) is 10.3 Å². The molecule has 0 radical (unpaired) electrons. The molecule has 150 valence electrons. The van der Waals surface area contributed by atoms with Gasteiger partial charge in [-0.25, -0.2) is 9.78 Å². The van der Waals surface area contributed by atoms with Gasteiger partial charge in [-0.2, -0.15) is 0 Å². The van der Waals surface area contributed by atoms with Gasteiger partial charge in [0.25, 0.3) is 5.91 Å². The molecule has 1 N–H and O–H groups in total. The van der Waals surface area contributed by atoms with Crippen LogP contribution in [0.15, 0.2) is 41.8 Å². The summed E-state index contributed by atoms with van der Waals surface area (Å²) in [5.74, 6) is -0.984. The number of carbonyl (C=O) groups excluding carboxylic acids is 2. The molecule has 1 atom stereocenters. The normalized spacial score (nSPS) is 11.8. The number of anilines is 1. The summed E-state index contributed by atoms with van der Waals surface area (Å²) in [5.41, 5.74) is 6.12. The summed E-state index contributed by atoms with van der Waals surface area (Å²) in [5, 5.41) is 5.25. The van der Waals surface area contributed by atoms with Crippen molar-refractivity contribution in [3.05, 3.63) is 69.7 Å². The number of nitrogens with zero attached hydrogens (tertiary/aromatic N) is 1. The van der Waals surface area contributed by atoms with Gasteiger partial charge in [-0.3, -0.25) is 4.79 Å². The van der Waals surface area contributed by atoms with Crippen LogP contribution in [0.1, 0.15) is 39.7 Å². The van der Waals surface area contributed by atoms with Gasteiger partial charge in [-0.05, 0) is 45.7 Å². The fourth-order valence-electron chi connectivity index (χ4n) is 3.07. The lowest BCUT2D eigenvalue weighted by Crippen LogP contribution is -2.30. The molecule has 1 aromatic heterocycles. The molecular formula is C23H24N2O3S. The topological polar surface area (TPSA) is 68.3 Å². The van der Waals surface area contributed by atoms with E-state index < -0.39 is 12.1 Å². The zero-order chi connectivity index (χ0) is 21.1. The number of hydrogen-bond acceptors (Lipinski definition) is 5. The van der Waals surface area contributed by atoms with Crippen molar-refractivity contribution in [1.82, 2.24) is 4.98 Å². The van der Waals surface area contributed by atoms with E-state index >= 15 is 0 Å². The summed E-state index contributed by atoms with van der Waals surface area (Å²) >= 11 is 1.37. The number of nitrogens with one attached hydrogen (secondary N) is 1. The number of aryl methyl sites for hydroxylation is 4. The summed E-state index contributed by atoms with van der Waals surface area (Å²) in [6, 6.07) is 11.9. The van der Waals surface area contributed by atoms with Crippen LogP contribution in [0.5, 0.6) is 0 Å². The molecule has 5 nitrogen and oxygen atoms in total. The summed E-state index contributed by atoms with van der Waals surface area (Å²) in [7, 11) is 0. The molecule has 0 bridgehead atoms. The lowest BCUT2D eigenvalue weighted by atomic mass is 10.0. The number of hydrogen-bond donors (Lipinski definition) is 1. The van der Waals surface area contributed by atoms with Gasteiger partial charge in [-0.15, -0.1) is 11.3 Å². The van der Waals surface area contributed by atoms with Gasteiger partial charge in [0, 0.05) is 16.6 Å². The third-order valence-corrected chi connectivity index (χ3v) is 5.48. The Morgan fingerprint density at radius 2 is 1.62 bits per heavy atom. The summed E-state index contributed by atoms with van der Waals surface area (Å²) in [6.45, 7) is 9.46. The second-order valence-electron chi connectivity index (χ2n) is 7.21. The molecule has 0 aliphatic carbocycles. The molecule has 1 amide bonds. The lowest BCUT2D eigenvalue weighted by Gasteiger charge is -2.16.